The Kier molecular flexibility index (Phi) is 4.91. The molecule has 1 aliphatic heterocycles. The van der Waals surface area contributed by atoms with Gasteiger partial charge in [-0.2, -0.15) is 13.2 Å². The molecule has 1 atom stereocenters. The molecule has 0 N–H and O–H groups in total. The molecule has 5 heteroatoms. The third kappa shape index (κ3) is 3.88. The Labute approximate surface area is 121 Å². The molecule has 0 bridgehead atoms. The summed E-state index contributed by atoms with van der Waals surface area (Å²) in [4.78, 5) is 4.47. The van der Waals surface area contributed by atoms with E-state index in [0.29, 0.717) is 6.54 Å². The molecule has 1 nitrogen and oxygen atoms in total. The van der Waals surface area contributed by atoms with Crippen LogP contribution in [0.3, 0.4) is 0 Å². The van der Waals surface area contributed by atoms with Crippen LogP contribution in [0.4, 0.5) is 13.2 Å². The minimum Gasteiger partial charge on any atom is -0.277 e. The number of alkyl halides is 3. The summed E-state index contributed by atoms with van der Waals surface area (Å²) in [5, 5.41) is 1.01. The van der Waals surface area contributed by atoms with Crippen molar-refractivity contribution in [1.82, 2.24) is 0 Å². The Morgan fingerprint density at radius 3 is 2.45 bits per heavy atom. The fourth-order valence-corrected chi connectivity index (χ4v) is 2.69. The lowest BCUT2D eigenvalue weighted by atomic mass is 9.96. The molecule has 108 valence electrons. The zero-order chi connectivity index (χ0) is 14.6. The van der Waals surface area contributed by atoms with Crippen LogP contribution in [0.1, 0.15) is 30.4 Å². The van der Waals surface area contributed by atoms with Crippen molar-refractivity contribution in [2.45, 2.75) is 25.4 Å². The first-order valence-electron chi connectivity index (χ1n) is 6.53. The Balaban J connectivity index is 2.01. The second-order valence-corrected chi connectivity index (χ2v) is 5.73. The van der Waals surface area contributed by atoms with E-state index in [1.807, 2.05) is 12.2 Å². The van der Waals surface area contributed by atoms with E-state index in [1.54, 1.807) is 11.8 Å². The number of hydrogen-bond acceptors (Lipinski definition) is 2. The summed E-state index contributed by atoms with van der Waals surface area (Å²) in [5.74, 6) is 1.11. The van der Waals surface area contributed by atoms with Crippen LogP contribution in [-0.4, -0.2) is 17.3 Å². The van der Waals surface area contributed by atoms with Crippen LogP contribution < -0.4 is 0 Å². The van der Waals surface area contributed by atoms with Gasteiger partial charge in [0.15, 0.2) is 0 Å². The normalized spacial score (nSPS) is 19.0. The highest BCUT2D eigenvalue weighted by molar-refractivity contribution is 8.14. The number of thioether (sulfide) groups is 1. The van der Waals surface area contributed by atoms with Crippen molar-refractivity contribution in [3.05, 3.63) is 47.5 Å². The van der Waals surface area contributed by atoms with E-state index in [-0.39, 0.29) is 5.92 Å². The monoisotopic (exact) mass is 299 g/mol. The highest BCUT2D eigenvalue weighted by atomic mass is 32.2. The molecule has 0 fully saturated rings. The molecule has 0 amide bonds. The average molecular weight is 299 g/mol. The van der Waals surface area contributed by atoms with Gasteiger partial charge in [0.25, 0.3) is 0 Å². The summed E-state index contributed by atoms with van der Waals surface area (Å²) >= 11 is 1.71. The molecule has 0 aliphatic carbocycles. The molecule has 0 aromatic heterocycles. The van der Waals surface area contributed by atoms with Gasteiger partial charge in [-0.15, -0.1) is 11.8 Å². The van der Waals surface area contributed by atoms with Crippen LogP contribution in [0.5, 0.6) is 0 Å². The van der Waals surface area contributed by atoms with Crippen molar-refractivity contribution >= 4 is 16.8 Å². The van der Waals surface area contributed by atoms with Crippen molar-refractivity contribution in [3.63, 3.8) is 0 Å². The van der Waals surface area contributed by atoms with E-state index >= 15 is 0 Å². The van der Waals surface area contributed by atoms with E-state index in [9.17, 15) is 13.2 Å². The minimum atomic E-state index is -4.27. The molecule has 2 rings (SSSR count). The highest BCUT2D eigenvalue weighted by Gasteiger charge is 2.30. The van der Waals surface area contributed by atoms with Crippen molar-refractivity contribution < 1.29 is 13.2 Å². The molecule has 0 saturated carbocycles. The predicted octanol–water partition coefficient (Wildman–Crippen LogP) is 4.90. The van der Waals surface area contributed by atoms with E-state index in [1.165, 1.54) is 12.1 Å². The Bertz CT molecular complexity index is 503. The zero-order valence-electron chi connectivity index (χ0n) is 11.2. The highest BCUT2D eigenvalue weighted by Crippen LogP contribution is 2.31. The zero-order valence-corrected chi connectivity index (χ0v) is 12.0. The standard InChI is InChI=1S/C15H16F3NS/c1-2-9-20-14-8-5-12(10-19-14)11-3-6-13(7-4-11)15(16,17)18/h3-8,12H,2,9-10H2,1H3. The summed E-state index contributed by atoms with van der Waals surface area (Å²) in [6, 6.07) is 5.34. The third-order valence-electron chi connectivity index (χ3n) is 3.04. The third-order valence-corrected chi connectivity index (χ3v) is 4.21. The van der Waals surface area contributed by atoms with Crippen LogP contribution >= 0.6 is 11.8 Å². The van der Waals surface area contributed by atoms with Crippen molar-refractivity contribution in [2.24, 2.45) is 4.99 Å². The first-order valence-corrected chi connectivity index (χ1v) is 7.52. The molecule has 20 heavy (non-hydrogen) atoms. The minimum absolute atomic E-state index is 0.0725. The Morgan fingerprint density at radius 2 is 1.95 bits per heavy atom. The fraction of sp³-hybridized carbons (Fsp3) is 0.400. The van der Waals surface area contributed by atoms with Crippen LogP contribution in [-0.2, 0) is 6.18 Å². The summed E-state index contributed by atoms with van der Waals surface area (Å²) in [7, 11) is 0. The first kappa shape index (κ1) is 15.2. The van der Waals surface area contributed by atoms with Crippen LogP contribution in [0, 0.1) is 0 Å². The maximum absolute atomic E-state index is 12.5. The van der Waals surface area contributed by atoms with Crippen LogP contribution in [0.2, 0.25) is 0 Å². The number of dihydropyridines is 1. The van der Waals surface area contributed by atoms with Crippen molar-refractivity contribution in [2.75, 3.05) is 12.3 Å². The quantitative estimate of drug-likeness (QED) is 0.773. The summed E-state index contributed by atoms with van der Waals surface area (Å²) in [6.45, 7) is 2.72. The van der Waals surface area contributed by atoms with Gasteiger partial charge in [-0.25, -0.2) is 0 Å². The number of halogens is 3. The van der Waals surface area contributed by atoms with Gasteiger partial charge in [0.2, 0.25) is 0 Å². The molecule has 1 aromatic rings. The molecule has 0 spiro atoms. The largest absolute Gasteiger partial charge is 0.416 e. The molecule has 1 heterocycles. The molecule has 0 saturated heterocycles. The lowest BCUT2D eigenvalue weighted by Crippen LogP contribution is -2.09. The van der Waals surface area contributed by atoms with Crippen LogP contribution in [0.25, 0.3) is 0 Å². The fourth-order valence-electron chi connectivity index (χ4n) is 1.94. The van der Waals surface area contributed by atoms with E-state index in [2.05, 4.69) is 11.9 Å². The van der Waals surface area contributed by atoms with Gasteiger partial charge in [-0.1, -0.05) is 25.1 Å². The SMILES string of the molecule is CCCSC1=NCC(c2ccc(C(F)(F)F)cc2)C=C1. The van der Waals surface area contributed by atoms with Gasteiger partial charge >= 0.3 is 6.18 Å². The van der Waals surface area contributed by atoms with Crippen LogP contribution in [0.15, 0.2) is 41.4 Å². The average Bonchev–Trinajstić information content (AvgIpc) is 2.45. The van der Waals surface area contributed by atoms with Gasteiger partial charge < -0.3 is 0 Å². The smallest absolute Gasteiger partial charge is 0.277 e. The van der Waals surface area contributed by atoms with Gasteiger partial charge in [-0.3, -0.25) is 4.99 Å². The molecular formula is C15H16F3NS. The van der Waals surface area contributed by atoms with E-state index < -0.39 is 11.7 Å². The molecule has 1 unspecified atom stereocenters. The molecule has 1 aromatic carbocycles. The maximum atomic E-state index is 12.5. The Hall–Kier alpha value is -1.23. The lowest BCUT2D eigenvalue weighted by Gasteiger charge is -2.16. The summed E-state index contributed by atoms with van der Waals surface area (Å²) in [6.07, 6.45) is 0.808. The van der Waals surface area contributed by atoms with Gasteiger partial charge in [0.1, 0.15) is 0 Å². The number of benzene rings is 1. The number of aliphatic imine (C=N–C) groups is 1. The number of nitrogens with zero attached hydrogens (tertiary/aromatic N) is 1. The second kappa shape index (κ2) is 6.48. The Morgan fingerprint density at radius 1 is 1.25 bits per heavy atom. The number of rotatable bonds is 3. The lowest BCUT2D eigenvalue weighted by molar-refractivity contribution is -0.137. The van der Waals surface area contributed by atoms with Gasteiger partial charge in [0.05, 0.1) is 17.2 Å². The van der Waals surface area contributed by atoms with Gasteiger partial charge in [0, 0.05) is 5.92 Å². The topological polar surface area (TPSA) is 12.4 Å². The summed E-state index contributed by atoms with van der Waals surface area (Å²) < 4.78 is 37.5. The van der Waals surface area contributed by atoms with E-state index in [4.69, 9.17) is 0 Å². The maximum Gasteiger partial charge on any atom is 0.416 e. The van der Waals surface area contributed by atoms with Crippen molar-refractivity contribution in [1.29, 1.82) is 0 Å². The van der Waals surface area contributed by atoms with Crippen molar-refractivity contribution in [3.8, 4) is 0 Å². The first-order chi connectivity index (χ1) is 9.50. The number of hydrogen-bond donors (Lipinski definition) is 0. The van der Waals surface area contributed by atoms with E-state index in [0.717, 1.165) is 34.9 Å². The second-order valence-electron chi connectivity index (χ2n) is 4.61. The molecule has 0 radical (unpaired) electrons. The molecular weight excluding hydrogens is 283 g/mol. The van der Waals surface area contributed by atoms with Gasteiger partial charge in [-0.05, 0) is 35.9 Å². The predicted molar refractivity (Wildman–Crippen MR) is 78.4 cm³/mol. The molecule has 1 aliphatic rings. The summed E-state index contributed by atoms with van der Waals surface area (Å²) in [5.41, 5.74) is 0.265.